The minimum absolute atomic E-state index is 0.289. The van der Waals surface area contributed by atoms with Gasteiger partial charge in [0.15, 0.2) is 0 Å². The zero-order valence-corrected chi connectivity index (χ0v) is 11.7. The number of hydrogen-bond acceptors (Lipinski definition) is 4. The fourth-order valence-corrected chi connectivity index (χ4v) is 1.89. The number of aryl methyl sites for hydroxylation is 1. The van der Waals surface area contributed by atoms with Crippen LogP contribution in [-0.2, 0) is 6.42 Å². The maximum absolute atomic E-state index is 9.83. The highest BCUT2D eigenvalue weighted by Gasteiger charge is 2.05. The SMILES string of the molecule is Cc1cccc(OCC(O)CNCCc2ccco2)c1. The van der Waals surface area contributed by atoms with Gasteiger partial charge in [-0.2, -0.15) is 0 Å². The van der Waals surface area contributed by atoms with Crippen molar-refractivity contribution in [3.05, 3.63) is 54.0 Å². The smallest absolute Gasteiger partial charge is 0.119 e. The number of furan rings is 1. The van der Waals surface area contributed by atoms with Gasteiger partial charge in [0, 0.05) is 19.5 Å². The molecule has 4 nitrogen and oxygen atoms in total. The van der Waals surface area contributed by atoms with Gasteiger partial charge in [-0.25, -0.2) is 0 Å². The minimum Gasteiger partial charge on any atom is -0.491 e. The van der Waals surface area contributed by atoms with Crippen LogP contribution in [0.3, 0.4) is 0 Å². The second kappa shape index (κ2) is 7.72. The molecule has 2 aromatic rings. The summed E-state index contributed by atoms with van der Waals surface area (Å²) in [7, 11) is 0. The van der Waals surface area contributed by atoms with Gasteiger partial charge in [0.1, 0.15) is 24.2 Å². The molecule has 0 saturated carbocycles. The third kappa shape index (κ3) is 5.07. The Morgan fingerprint density at radius 2 is 2.20 bits per heavy atom. The minimum atomic E-state index is -0.521. The zero-order chi connectivity index (χ0) is 14.2. The molecule has 1 unspecified atom stereocenters. The number of nitrogens with one attached hydrogen (secondary N) is 1. The molecule has 0 saturated heterocycles. The van der Waals surface area contributed by atoms with Crippen LogP contribution in [0.2, 0.25) is 0 Å². The van der Waals surface area contributed by atoms with E-state index in [4.69, 9.17) is 9.15 Å². The van der Waals surface area contributed by atoms with Gasteiger partial charge in [-0.1, -0.05) is 12.1 Å². The number of benzene rings is 1. The molecule has 0 bridgehead atoms. The molecular formula is C16H21NO3. The Balaban J connectivity index is 1.59. The van der Waals surface area contributed by atoms with Crippen LogP contribution in [-0.4, -0.2) is 30.9 Å². The lowest BCUT2D eigenvalue weighted by molar-refractivity contribution is 0.106. The lowest BCUT2D eigenvalue weighted by atomic mass is 10.2. The van der Waals surface area contributed by atoms with Crippen LogP contribution in [0.15, 0.2) is 47.1 Å². The van der Waals surface area contributed by atoms with Crippen LogP contribution < -0.4 is 10.1 Å². The van der Waals surface area contributed by atoms with Gasteiger partial charge in [-0.05, 0) is 36.8 Å². The topological polar surface area (TPSA) is 54.6 Å². The molecule has 0 amide bonds. The van der Waals surface area contributed by atoms with Crippen molar-refractivity contribution >= 4 is 0 Å². The van der Waals surface area contributed by atoms with Crippen LogP contribution in [0.1, 0.15) is 11.3 Å². The maximum atomic E-state index is 9.83. The van der Waals surface area contributed by atoms with E-state index >= 15 is 0 Å². The molecule has 2 N–H and O–H groups in total. The number of rotatable bonds is 8. The summed E-state index contributed by atoms with van der Waals surface area (Å²) in [5, 5.41) is 13.0. The molecule has 2 rings (SSSR count). The van der Waals surface area contributed by atoms with Crippen molar-refractivity contribution < 1.29 is 14.3 Å². The molecule has 0 spiro atoms. The van der Waals surface area contributed by atoms with Crippen molar-refractivity contribution in [2.24, 2.45) is 0 Å². The largest absolute Gasteiger partial charge is 0.491 e. The average molecular weight is 275 g/mol. The Bertz CT molecular complexity index is 496. The van der Waals surface area contributed by atoms with Gasteiger partial charge < -0.3 is 19.6 Å². The molecule has 1 heterocycles. The van der Waals surface area contributed by atoms with E-state index in [0.717, 1.165) is 30.0 Å². The number of aliphatic hydroxyl groups excluding tert-OH is 1. The van der Waals surface area contributed by atoms with Crippen molar-refractivity contribution in [3.8, 4) is 5.75 Å². The summed E-state index contributed by atoms with van der Waals surface area (Å²) in [4.78, 5) is 0. The third-order valence-corrected chi connectivity index (χ3v) is 2.94. The molecule has 0 fully saturated rings. The summed E-state index contributed by atoms with van der Waals surface area (Å²) < 4.78 is 10.8. The Hall–Kier alpha value is -1.78. The molecule has 4 heteroatoms. The fraction of sp³-hybridized carbons (Fsp3) is 0.375. The molecule has 0 aliphatic heterocycles. The summed E-state index contributed by atoms with van der Waals surface area (Å²) in [6.45, 7) is 3.58. The summed E-state index contributed by atoms with van der Waals surface area (Å²) >= 11 is 0. The standard InChI is InChI=1S/C16H21NO3/c1-13-4-2-5-16(10-13)20-12-14(18)11-17-8-7-15-6-3-9-19-15/h2-6,9-10,14,17-18H,7-8,11-12H2,1H3. The predicted octanol–water partition coefficient (Wildman–Crippen LogP) is 2.16. The normalized spacial score (nSPS) is 12.3. The van der Waals surface area contributed by atoms with E-state index in [1.54, 1.807) is 6.26 Å². The molecule has 0 radical (unpaired) electrons. The molecule has 108 valence electrons. The van der Waals surface area contributed by atoms with Crippen LogP contribution in [0.5, 0.6) is 5.75 Å². The maximum Gasteiger partial charge on any atom is 0.119 e. The first-order chi connectivity index (χ1) is 9.74. The summed E-state index contributed by atoms with van der Waals surface area (Å²) in [5.41, 5.74) is 1.15. The van der Waals surface area contributed by atoms with E-state index in [0.29, 0.717) is 6.54 Å². The first-order valence-electron chi connectivity index (χ1n) is 6.84. The summed E-state index contributed by atoms with van der Waals surface area (Å²) in [5.74, 6) is 1.74. The van der Waals surface area contributed by atoms with Gasteiger partial charge in [-0.15, -0.1) is 0 Å². The van der Waals surface area contributed by atoms with Gasteiger partial charge >= 0.3 is 0 Å². The Morgan fingerprint density at radius 3 is 2.95 bits per heavy atom. The van der Waals surface area contributed by atoms with Crippen molar-refractivity contribution in [1.82, 2.24) is 5.32 Å². The molecule has 20 heavy (non-hydrogen) atoms. The van der Waals surface area contributed by atoms with Crippen LogP contribution in [0, 0.1) is 6.92 Å². The van der Waals surface area contributed by atoms with Crippen LogP contribution >= 0.6 is 0 Å². The number of aliphatic hydroxyl groups is 1. The fourth-order valence-electron chi connectivity index (χ4n) is 1.89. The molecule has 1 atom stereocenters. The van der Waals surface area contributed by atoms with Gasteiger partial charge in [0.2, 0.25) is 0 Å². The van der Waals surface area contributed by atoms with Crippen LogP contribution in [0.25, 0.3) is 0 Å². The van der Waals surface area contributed by atoms with Gasteiger partial charge in [0.05, 0.1) is 6.26 Å². The highest BCUT2D eigenvalue weighted by Crippen LogP contribution is 2.12. The first kappa shape index (κ1) is 14.6. The van der Waals surface area contributed by atoms with E-state index in [-0.39, 0.29) is 6.61 Å². The van der Waals surface area contributed by atoms with Crippen molar-refractivity contribution in [2.75, 3.05) is 19.7 Å². The summed E-state index contributed by atoms with van der Waals surface area (Å²) in [6.07, 6.45) is 1.96. The van der Waals surface area contributed by atoms with Gasteiger partial charge in [0.25, 0.3) is 0 Å². The average Bonchev–Trinajstić information content (AvgIpc) is 2.95. The second-order valence-electron chi connectivity index (χ2n) is 4.81. The van der Waals surface area contributed by atoms with E-state index in [2.05, 4.69) is 5.32 Å². The monoisotopic (exact) mass is 275 g/mol. The molecule has 0 aliphatic rings. The van der Waals surface area contributed by atoms with Crippen LogP contribution in [0.4, 0.5) is 0 Å². The van der Waals surface area contributed by atoms with Crippen molar-refractivity contribution in [1.29, 1.82) is 0 Å². The lowest BCUT2D eigenvalue weighted by Crippen LogP contribution is -2.32. The molecule has 0 aliphatic carbocycles. The predicted molar refractivity (Wildman–Crippen MR) is 78.0 cm³/mol. The highest BCUT2D eigenvalue weighted by molar-refractivity contribution is 5.27. The van der Waals surface area contributed by atoms with E-state index in [1.807, 2.05) is 43.3 Å². The lowest BCUT2D eigenvalue weighted by Gasteiger charge is -2.13. The Kier molecular flexibility index (Phi) is 5.65. The molecule has 1 aromatic heterocycles. The number of ether oxygens (including phenoxy) is 1. The summed E-state index contributed by atoms with van der Waals surface area (Å²) in [6, 6.07) is 11.6. The quantitative estimate of drug-likeness (QED) is 0.725. The van der Waals surface area contributed by atoms with E-state index in [1.165, 1.54) is 0 Å². The second-order valence-corrected chi connectivity index (χ2v) is 4.81. The van der Waals surface area contributed by atoms with E-state index < -0.39 is 6.10 Å². The Morgan fingerprint density at radius 1 is 1.30 bits per heavy atom. The highest BCUT2D eigenvalue weighted by atomic mass is 16.5. The first-order valence-corrected chi connectivity index (χ1v) is 6.84. The Labute approximate surface area is 119 Å². The third-order valence-electron chi connectivity index (χ3n) is 2.94. The zero-order valence-electron chi connectivity index (χ0n) is 11.7. The molecule has 1 aromatic carbocycles. The molecular weight excluding hydrogens is 254 g/mol. The number of hydrogen-bond donors (Lipinski definition) is 2. The van der Waals surface area contributed by atoms with Crippen molar-refractivity contribution in [3.63, 3.8) is 0 Å². The van der Waals surface area contributed by atoms with E-state index in [9.17, 15) is 5.11 Å². The van der Waals surface area contributed by atoms with Gasteiger partial charge in [-0.3, -0.25) is 0 Å². The van der Waals surface area contributed by atoms with Crippen molar-refractivity contribution in [2.45, 2.75) is 19.4 Å².